The first kappa shape index (κ1) is 16.9. The molecule has 0 amide bonds. The van der Waals surface area contributed by atoms with Gasteiger partial charge in [0.05, 0.1) is 6.10 Å². The monoisotopic (exact) mass is 243 g/mol. The van der Waals surface area contributed by atoms with Crippen molar-refractivity contribution in [2.75, 3.05) is 13.2 Å². The molecule has 0 fully saturated rings. The van der Waals surface area contributed by atoms with Crippen LogP contribution in [-0.4, -0.2) is 25.3 Å². The zero-order chi connectivity index (χ0) is 13.1. The topological polar surface area (TPSA) is 21.3 Å². The van der Waals surface area contributed by atoms with Crippen LogP contribution in [0, 0.1) is 5.92 Å². The summed E-state index contributed by atoms with van der Waals surface area (Å²) in [5, 5.41) is 3.60. The molecule has 0 aliphatic rings. The van der Waals surface area contributed by atoms with Crippen LogP contribution in [0.15, 0.2) is 0 Å². The Morgan fingerprint density at radius 3 is 2.18 bits per heavy atom. The number of likely N-dealkylation sites (N-methyl/N-ethyl adjacent to an activating group) is 1. The van der Waals surface area contributed by atoms with Crippen LogP contribution in [0.2, 0.25) is 0 Å². The Kier molecular flexibility index (Phi) is 11.0. The van der Waals surface area contributed by atoms with Gasteiger partial charge in [-0.15, -0.1) is 0 Å². The Balaban J connectivity index is 4.14. The van der Waals surface area contributed by atoms with Crippen molar-refractivity contribution < 1.29 is 4.74 Å². The molecule has 0 saturated carbocycles. The molecule has 0 saturated heterocycles. The quantitative estimate of drug-likeness (QED) is 0.554. The van der Waals surface area contributed by atoms with Gasteiger partial charge in [-0.1, -0.05) is 53.4 Å². The van der Waals surface area contributed by atoms with Crippen molar-refractivity contribution in [3.8, 4) is 0 Å². The van der Waals surface area contributed by atoms with E-state index in [1.54, 1.807) is 0 Å². The highest BCUT2D eigenvalue weighted by atomic mass is 16.5. The molecule has 0 aromatic rings. The SMILES string of the molecule is CCCCCCC(NCC)C(OCC)C(C)C. The molecule has 2 atom stereocenters. The minimum Gasteiger partial charge on any atom is -0.377 e. The fourth-order valence-corrected chi connectivity index (χ4v) is 2.40. The van der Waals surface area contributed by atoms with Crippen LogP contribution in [0.4, 0.5) is 0 Å². The highest BCUT2D eigenvalue weighted by molar-refractivity contribution is 4.79. The molecule has 0 rings (SSSR count). The second kappa shape index (κ2) is 11.0. The van der Waals surface area contributed by atoms with E-state index < -0.39 is 0 Å². The maximum Gasteiger partial charge on any atom is 0.0750 e. The smallest absolute Gasteiger partial charge is 0.0750 e. The molecule has 2 unspecified atom stereocenters. The van der Waals surface area contributed by atoms with Crippen LogP contribution in [0.25, 0.3) is 0 Å². The molecule has 2 nitrogen and oxygen atoms in total. The Morgan fingerprint density at radius 2 is 1.71 bits per heavy atom. The van der Waals surface area contributed by atoms with Crippen LogP contribution >= 0.6 is 0 Å². The first-order chi connectivity index (χ1) is 8.17. The molecule has 0 aromatic heterocycles. The van der Waals surface area contributed by atoms with Gasteiger partial charge in [0.2, 0.25) is 0 Å². The maximum absolute atomic E-state index is 5.91. The summed E-state index contributed by atoms with van der Waals surface area (Å²) in [6.45, 7) is 12.9. The van der Waals surface area contributed by atoms with Crippen LogP contribution in [-0.2, 0) is 4.74 Å². The molecular weight excluding hydrogens is 210 g/mol. The largest absolute Gasteiger partial charge is 0.377 e. The van der Waals surface area contributed by atoms with E-state index in [0.29, 0.717) is 18.1 Å². The summed E-state index contributed by atoms with van der Waals surface area (Å²) in [6, 6.07) is 0.525. The Morgan fingerprint density at radius 1 is 1.00 bits per heavy atom. The van der Waals surface area contributed by atoms with Crippen LogP contribution in [0.1, 0.15) is 66.7 Å². The average Bonchev–Trinajstić information content (AvgIpc) is 2.30. The van der Waals surface area contributed by atoms with Crippen LogP contribution in [0.5, 0.6) is 0 Å². The number of rotatable bonds is 11. The highest BCUT2D eigenvalue weighted by Crippen LogP contribution is 2.17. The minimum absolute atomic E-state index is 0.363. The van der Waals surface area contributed by atoms with Gasteiger partial charge in [0.25, 0.3) is 0 Å². The fourth-order valence-electron chi connectivity index (χ4n) is 2.40. The molecule has 0 aromatic carbocycles. The van der Waals surface area contributed by atoms with E-state index in [1.165, 1.54) is 32.1 Å². The van der Waals surface area contributed by atoms with Gasteiger partial charge in [0.15, 0.2) is 0 Å². The van der Waals surface area contributed by atoms with Crippen LogP contribution in [0.3, 0.4) is 0 Å². The van der Waals surface area contributed by atoms with E-state index in [0.717, 1.165) is 13.2 Å². The van der Waals surface area contributed by atoms with Gasteiger partial charge in [0.1, 0.15) is 0 Å². The predicted octanol–water partition coefficient (Wildman–Crippen LogP) is 4.00. The molecule has 0 spiro atoms. The zero-order valence-corrected chi connectivity index (χ0v) is 12.6. The first-order valence-electron chi connectivity index (χ1n) is 7.52. The molecule has 0 heterocycles. The lowest BCUT2D eigenvalue weighted by atomic mass is 9.94. The standard InChI is InChI=1S/C15H33NO/c1-6-9-10-11-12-14(16-7-2)15(13(4)5)17-8-3/h13-16H,6-12H2,1-5H3. The third-order valence-corrected chi connectivity index (χ3v) is 3.25. The fraction of sp³-hybridized carbons (Fsp3) is 1.00. The van der Waals surface area contributed by atoms with E-state index in [9.17, 15) is 0 Å². The lowest BCUT2D eigenvalue weighted by Gasteiger charge is -2.30. The molecule has 0 bridgehead atoms. The summed E-state index contributed by atoms with van der Waals surface area (Å²) >= 11 is 0. The summed E-state index contributed by atoms with van der Waals surface area (Å²) in [4.78, 5) is 0. The van der Waals surface area contributed by atoms with Crippen molar-refractivity contribution in [3.63, 3.8) is 0 Å². The third kappa shape index (κ3) is 7.77. The minimum atomic E-state index is 0.363. The van der Waals surface area contributed by atoms with E-state index in [-0.39, 0.29) is 0 Å². The second-order valence-electron chi connectivity index (χ2n) is 5.18. The molecule has 17 heavy (non-hydrogen) atoms. The second-order valence-corrected chi connectivity index (χ2v) is 5.18. The van der Waals surface area contributed by atoms with E-state index in [4.69, 9.17) is 4.74 Å². The molecule has 1 N–H and O–H groups in total. The van der Waals surface area contributed by atoms with Crippen molar-refractivity contribution in [2.45, 2.75) is 78.9 Å². The average molecular weight is 243 g/mol. The zero-order valence-electron chi connectivity index (χ0n) is 12.6. The normalized spacial score (nSPS) is 15.2. The van der Waals surface area contributed by atoms with E-state index in [1.807, 2.05) is 0 Å². The number of ether oxygens (including phenoxy) is 1. The van der Waals surface area contributed by atoms with Crippen molar-refractivity contribution in [1.82, 2.24) is 5.32 Å². The number of hydrogen-bond acceptors (Lipinski definition) is 2. The van der Waals surface area contributed by atoms with Gasteiger partial charge in [-0.25, -0.2) is 0 Å². The molecule has 0 aliphatic carbocycles. The maximum atomic E-state index is 5.91. The van der Waals surface area contributed by atoms with Crippen molar-refractivity contribution in [1.29, 1.82) is 0 Å². The summed E-state index contributed by atoms with van der Waals surface area (Å²) < 4.78 is 5.91. The summed E-state index contributed by atoms with van der Waals surface area (Å²) in [6.07, 6.45) is 6.96. The molecule has 104 valence electrons. The van der Waals surface area contributed by atoms with Gasteiger partial charge in [-0.2, -0.15) is 0 Å². The third-order valence-electron chi connectivity index (χ3n) is 3.25. The van der Waals surface area contributed by atoms with E-state index in [2.05, 4.69) is 39.9 Å². The van der Waals surface area contributed by atoms with Gasteiger partial charge < -0.3 is 10.1 Å². The molecule has 0 aliphatic heterocycles. The van der Waals surface area contributed by atoms with Gasteiger partial charge in [-0.3, -0.25) is 0 Å². The Labute approximate surface area is 109 Å². The number of nitrogens with one attached hydrogen (secondary N) is 1. The van der Waals surface area contributed by atoms with Gasteiger partial charge in [-0.05, 0) is 25.8 Å². The number of unbranched alkanes of at least 4 members (excludes halogenated alkanes) is 3. The highest BCUT2D eigenvalue weighted by Gasteiger charge is 2.23. The lowest BCUT2D eigenvalue weighted by Crippen LogP contribution is -2.44. The van der Waals surface area contributed by atoms with Crippen LogP contribution < -0.4 is 5.32 Å². The summed E-state index contributed by atoms with van der Waals surface area (Å²) in [5.74, 6) is 0.588. The molecule has 2 heteroatoms. The first-order valence-corrected chi connectivity index (χ1v) is 7.52. The van der Waals surface area contributed by atoms with E-state index >= 15 is 0 Å². The molecular formula is C15H33NO. The summed E-state index contributed by atoms with van der Waals surface area (Å²) in [7, 11) is 0. The lowest BCUT2D eigenvalue weighted by molar-refractivity contribution is 0.00128. The Bertz CT molecular complexity index is 159. The Hall–Kier alpha value is -0.0800. The molecule has 0 radical (unpaired) electrons. The van der Waals surface area contributed by atoms with Crippen molar-refractivity contribution in [3.05, 3.63) is 0 Å². The van der Waals surface area contributed by atoms with Gasteiger partial charge >= 0.3 is 0 Å². The van der Waals surface area contributed by atoms with Gasteiger partial charge in [0, 0.05) is 12.6 Å². The number of hydrogen-bond donors (Lipinski definition) is 1. The summed E-state index contributed by atoms with van der Waals surface area (Å²) in [5.41, 5.74) is 0. The van der Waals surface area contributed by atoms with Crippen molar-refractivity contribution in [2.24, 2.45) is 5.92 Å². The predicted molar refractivity (Wildman–Crippen MR) is 76.5 cm³/mol. The van der Waals surface area contributed by atoms with Crippen molar-refractivity contribution >= 4 is 0 Å².